The molecule has 0 aromatic heterocycles. The summed E-state index contributed by atoms with van der Waals surface area (Å²) < 4.78 is 0. The van der Waals surface area contributed by atoms with E-state index in [2.05, 4.69) is 5.32 Å². The van der Waals surface area contributed by atoms with E-state index in [1.807, 2.05) is 6.92 Å². The van der Waals surface area contributed by atoms with Crippen LogP contribution in [0, 0.1) is 5.21 Å². The molecule has 1 heterocycles. The Hall–Kier alpha value is -0.120. The Labute approximate surface area is 42.9 Å². The monoisotopic (exact) mass is 101 g/mol. The highest BCUT2D eigenvalue weighted by Crippen LogP contribution is 1.94. The van der Waals surface area contributed by atoms with Gasteiger partial charge in [0, 0.05) is 19.3 Å². The van der Waals surface area contributed by atoms with Crippen LogP contribution in [0.25, 0.3) is 0 Å². The second-order valence-electron chi connectivity index (χ2n) is 1.93. The van der Waals surface area contributed by atoms with Gasteiger partial charge >= 0.3 is 0 Å². The lowest BCUT2D eigenvalue weighted by atomic mass is 10.4. The molecule has 7 heavy (non-hydrogen) atoms. The van der Waals surface area contributed by atoms with E-state index in [0.29, 0.717) is 19.3 Å². The third-order valence-corrected chi connectivity index (χ3v) is 1.09. The molecule has 1 unspecified atom stereocenters. The second kappa shape index (κ2) is 1.78. The molecule has 0 spiro atoms. The predicted molar refractivity (Wildman–Crippen MR) is 27.5 cm³/mol. The normalized spacial score (nSPS) is 34.3. The minimum atomic E-state index is 0.387. The predicted octanol–water partition coefficient (Wildman–Crippen LogP) is -0.265. The van der Waals surface area contributed by atoms with Crippen molar-refractivity contribution in [1.82, 2.24) is 10.4 Å². The summed E-state index contributed by atoms with van der Waals surface area (Å²) in [5.41, 5.74) is 0. The number of hydrogen-bond acceptors (Lipinski definition) is 3. The van der Waals surface area contributed by atoms with Crippen molar-refractivity contribution in [2.24, 2.45) is 0 Å². The highest BCUT2D eigenvalue weighted by molar-refractivity contribution is 4.73. The molecule has 0 aromatic rings. The molecule has 3 nitrogen and oxygen atoms in total. The van der Waals surface area contributed by atoms with E-state index < -0.39 is 0 Å². The standard InChI is InChI=1S/C4H9N2O/c1-4-2-6(7)3-5-4/h4-5H,2-3H2,1H3/q-1. The van der Waals surface area contributed by atoms with Gasteiger partial charge in [0.2, 0.25) is 0 Å². The molecule has 1 saturated heterocycles. The van der Waals surface area contributed by atoms with Gasteiger partial charge in [0.15, 0.2) is 0 Å². The van der Waals surface area contributed by atoms with E-state index >= 15 is 0 Å². The maximum Gasteiger partial charge on any atom is 0.0367 e. The molecule has 0 aromatic carbocycles. The van der Waals surface area contributed by atoms with Crippen LogP contribution in [0.15, 0.2) is 0 Å². The Kier molecular flexibility index (Phi) is 1.27. The van der Waals surface area contributed by atoms with Crippen LogP contribution in [0.5, 0.6) is 0 Å². The van der Waals surface area contributed by atoms with E-state index in [1.165, 1.54) is 0 Å². The lowest BCUT2D eigenvalue weighted by molar-refractivity contribution is 0.460. The molecule has 1 rings (SSSR count). The van der Waals surface area contributed by atoms with Crippen molar-refractivity contribution < 1.29 is 0 Å². The first-order chi connectivity index (χ1) is 3.29. The van der Waals surface area contributed by atoms with Crippen LogP contribution >= 0.6 is 0 Å². The molecule has 0 aliphatic carbocycles. The highest BCUT2D eigenvalue weighted by atomic mass is 16.5. The van der Waals surface area contributed by atoms with Gasteiger partial charge in [-0.1, -0.05) is 0 Å². The van der Waals surface area contributed by atoms with Gasteiger partial charge in [-0.25, -0.2) is 0 Å². The number of hydrogen-bond donors (Lipinski definition) is 1. The lowest BCUT2D eigenvalue weighted by Gasteiger charge is -2.18. The van der Waals surface area contributed by atoms with Gasteiger partial charge < -0.3 is 15.6 Å². The van der Waals surface area contributed by atoms with Crippen molar-refractivity contribution in [2.45, 2.75) is 13.0 Å². The zero-order chi connectivity index (χ0) is 5.28. The summed E-state index contributed by atoms with van der Waals surface area (Å²) in [6.07, 6.45) is 0. The zero-order valence-corrected chi connectivity index (χ0v) is 4.35. The van der Waals surface area contributed by atoms with Crippen molar-refractivity contribution in [3.8, 4) is 0 Å². The Morgan fingerprint density at radius 2 is 2.57 bits per heavy atom. The quantitative estimate of drug-likeness (QED) is 0.456. The average Bonchev–Trinajstić information content (AvgIpc) is 1.87. The molecule has 1 aliphatic rings. The number of hydroxylamine groups is 2. The van der Waals surface area contributed by atoms with Crippen LogP contribution in [0.4, 0.5) is 0 Å². The molecule has 0 radical (unpaired) electrons. The van der Waals surface area contributed by atoms with Gasteiger partial charge in [-0.15, -0.1) is 0 Å². The van der Waals surface area contributed by atoms with E-state index in [9.17, 15) is 5.21 Å². The summed E-state index contributed by atoms with van der Waals surface area (Å²) in [6.45, 7) is 3.14. The molecule has 1 fully saturated rings. The number of nitrogens with one attached hydrogen (secondary N) is 1. The van der Waals surface area contributed by atoms with Gasteiger partial charge in [-0.2, -0.15) is 0 Å². The minimum absolute atomic E-state index is 0.387. The molecule has 3 heteroatoms. The Balaban J connectivity index is 2.26. The first-order valence-corrected chi connectivity index (χ1v) is 2.44. The summed E-state index contributed by atoms with van der Waals surface area (Å²) in [6, 6.07) is 0.387. The first kappa shape index (κ1) is 5.03. The smallest absolute Gasteiger partial charge is 0.0367 e. The van der Waals surface area contributed by atoms with E-state index in [-0.39, 0.29) is 0 Å². The van der Waals surface area contributed by atoms with Crippen molar-refractivity contribution in [2.75, 3.05) is 13.2 Å². The first-order valence-electron chi connectivity index (χ1n) is 2.44. The Morgan fingerprint density at radius 1 is 1.86 bits per heavy atom. The third kappa shape index (κ3) is 1.12. The van der Waals surface area contributed by atoms with Crippen LogP contribution in [0.2, 0.25) is 0 Å². The van der Waals surface area contributed by atoms with Gasteiger partial charge in [-0.3, -0.25) is 0 Å². The van der Waals surface area contributed by atoms with Gasteiger partial charge in [0.05, 0.1) is 0 Å². The minimum Gasteiger partial charge on any atom is -0.784 e. The largest absolute Gasteiger partial charge is 0.784 e. The number of rotatable bonds is 0. The third-order valence-electron chi connectivity index (χ3n) is 1.09. The summed E-state index contributed by atoms with van der Waals surface area (Å²) in [7, 11) is 0. The maximum absolute atomic E-state index is 10.3. The van der Waals surface area contributed by atoms with Crippen molar-refractivity contribution in [3.63, 3.8) is 0 Å². The Bertz CT molecular complexity index is 58.7. The molecular weight excluding hydrogens is 92.1 g/mol. The summed E-state index contributed by atoms with van der Waals surface area (Å²) in [5.74, 6) is 0. The van der Waals surface area contributed by atoms with Crippen LogP contribution in [0.1, 0.15) is 6.92 Å². The molecule has 1 N–H and O–H groups in total. The van der Waals surface area contributed by atoms with Crippen molar-refractivity contribution in [3.05, 3.63) is 5.21 Å². The number of nitrogens with zero attached hydrogens (tertiary/aromatic N) is 1. The summed E-state index contributed by atoms with van der Waals surface area (Å²) in [5, 5.41) is 14.3. The second-order valence-corrected chi connectivity index (χ2v) is 1.93. The lowest BCUT2D eigenvalue weighted by Crippen LogP contribution is -2.18. The highest BCUT2D eigenvalue weighted by Gasteiger charge is 2.07. The SMILES string of the molecule is CC1CN([O-])CN1. The molecule has 1 atom stereocenters. The molecule has 1 aliphatic heterocycles. The van der Waals surface area contributed by atoms with Gasteiger partial charge in [0.25, 0.3) is 0 Å². The maximum atomic E-state index is 10.3. The topological polar surface area (TPSA) is 38.3 Å². The fraction of sp³-hybridized carbons (Fsp3) is 1.00. The zero-order valence-electron chi connectivity index (χ0n) is 4.35. The molecule has 0 bridgehead atoms. The van der Waals surface area contributed by atoms with Crippen LogP contribution in [-0.2, 0) is 0 Å². The van der Waals surface area contributed by atoms with Crippen LogP contribution in [0.3, 0.4) is 0 Å². The van der Waals surface area contributed by atoms with Crippen LogP contribution in [-0.4, -0.2) is 24.3 Å². The summed E-state index contributed by atoms with van der Waals surface area (Å²) >= 11 is 0. The van der Waals surface area contributed by atoms with E-state index in [0.717, 1.165) is 5.06 Å². The van der Waals surface area contributed by atoms with E-state index in [1.54, 1.807) is 0 Å². The molecule has 0 amide bonds. The van der Waals surface area contributed by atoms with Gasteiger partial charge in [0.1, 0.15) is 0 Å². The van der Waals surface area contributed by atoms with E-state index in [4.69, 9.17) is 0 Å². The van der Waals surface area contributed by atoms with Crippen molar-refractivity contribution >= 4 is 0 Å². The molecule has 42 valence electrons. The fourth-order valence-corrected chi connectivity index (χ4v) is 0.692. The van der Waals surface area contributed by atoms with Crippen molar-refractivity contribution in [1.29, 1.82) is 0 Å². The van der Waals surface area contributed by atoms with Crippen LogP contribution < -0.4 is 5.32 Å². The summed E-state index contributed by atoms with van der Waals surface area (Å²) in [4.78, 5) is 0. The fourth-order valence-electron chi connectivity index (χ4n) is 0.692. The molecular formula is C4H9N2O-. The Morgan fingerprint density at radius 3 is 2.71 bits per heavy atom. The average molecular weight is 101 g/mol. The van der Waals surface area contributed by atoms with Gasteiger partial charge in [-0.05, 0) is 6.92 Å². The molecule has 0 saturated carbocycles.